The van der Waals surface area contributed by atoms with Crippen molar-refractivity contribution in [3.63, 3.8) is 0 Å². The highest BCUT2D eigenvalue weighted by Crippen LogP contribution is 2.14. The smallest absolute Gasteiger partial charge is 0.138 e. The third-order valence-electron chi connectivity index (χ3n) is 3.59. The Morgan fingerprint density at radius 3 is 2.83 bits per heavy atom. The van der Waals surface area contributed by atoms with E-state index in [0.717, 1.165) is 17.9 Å². The number of likely N-dealkylation sites (tertiary alicyclic amines) is 1. The van der Waals surface area contributed by atoms with E-state index in [1.54, 1.807) is 6.07 Å². The molecule has 100 valence electrons. The minimum atomic E-state index is 0.280. The van der Waals surface area contributed by atoms with E-state index in [0.29, 0.717) is 12.6 Å². The minimum Gasteiger partial charge on any atom is -0.506 e. The maximum absolute atomic E-state index is 9.70. The Morgan fingerprint density at radius 2 is 2.11 bits per heavy atom. The highest BCUT2D eigenvalue weighted by atomic mass is 16.3. The van der Waals surface area contributed by atoms with Crippen LogP contribution in [0.3, 0.4) is 0 Å². The third kappa shape index (κ3) is 3.43. The molecule has 4 heteroatoms. The predicted octanol–water partition coefficient (Wildman–Crippen LogP) is 1.67. The van der Waals surface area contributed by atoms with E-state index in [4.69, 9.17) is 0 Å². The largest absolute Gasteiger partial charge is 0.506 e. The summed E-state index contributed by atoms with van der Waals surface area (Å²) in [7, 11) is 0. The van der Waals surface area contributed by atoms with Gasteiger partial charge in [0.15, 0.2) is 0 Å². The first-order chi connectivity index (χ1) is 8.66. The fraction of sp³-hybridized carbons (Fsp3) is 0.643. The van der Waals surface area contributed by atoms with Crippen molar-refractivity contribution in [2.45, 2.75) is 39.3 Å². The number of nitrogens with zero attached hydrogens (tertiary/aromatic N) is 2. The van der Waals surface area contributed by atoms with Crippen molar-refractivity contribution in [1.29, 1.82) is 0 Å². The summed E-state index contributed by atoms with van der Waals surface area (Å²) in [6, 6.07) is 4.09. The van der Waals surface area contributed by atoms with Crippen LogP contribution in [-0.2, 0) is 6.54 Å². The van der Waals surface area contributed by atoms with E-state index < -0.39 is 0 Å². The molecule has 0 saturated carbocycles. The third-order valence-corrected chi connectivity index (χ3v) is 3.59. The molecule has 0 aromatic carbocycles. The fourth-order valence-electron chi connectivity index (χ4n) is 2.44. The zero-order valence-corrected chi connectivity index (χ0v) is 11.3. The lowest BCUT2D eigenvalue weighted by molar-refractivity contribution is 0.251. The molecule has 1 saturated heterocycles. The maximum atomic E-state index is 9.70. The van der Waals surface area contributed by atoms with Crippen molar-refractivity contribution in [3.05, 3.63) is 23.5 Å². The van der Waals surface area contributed by atoms with E-state index in [1.807, 2.05) is 13.0 Å². The fourth-order valence-corrected chi connectivity index (χ4v) is 2.44. The normalized spacial score (nSPS) is 18.1. The summed E-state index contributed by atoms with van der Waals surface area (Å²) in [5, 5.41) is 13.1. The Morgan fingerprint density at radius 1 is 1.39 bits per heavy atom. The summed E-state index contributed by atoms with van der Waals surface area (Å²) in [6.45, 7) is 8.20. The van der Waals surface area contributed by atoms with Crippen LogP contribution >= 0.6 is 0 Å². The van der Waals surface area contributed by atoms with Gasteiger partial charge < -0.3 is 10.4 Å². The standard InChI is InChI=1S/C14H23N3O/c1-11-5-6-14(18)13(16-11)10-15-9-12(2)17-7-3-4-8-17/h5-6,12,15,18H,3-4,7-10H2,1-2H3. The van der Waals surface area contributed by atoms with Crippen LogP contribution in [0.4, 0.5) is 0 Å². The van der Waals surface area contributed by atoms with Crippen molar-refractivity contribution < 1.29 is 5.11 Å². The number of hydrogen-bond donors (Lipinski definition) is 2. The van der Waals surface area contributed by atoms with Crippen LogP contribution in [0.25, 0.3) is 0 Å². The Hall–Kier alpha value is -1.13. The van der Waals surface area contributed by atoms with Gasteiger partial charge in [0.25, 0.3) is 0 Å². The number of hydrogen-bond acceptors (Lipinski definition) is 4. The van der Waals surface area contributed by atoms with Crippen LogP contribution < -0.4 is 5.32 Å². The van der Waals surface area contributed by atoms with E-state index in [1.165, 1.54) is 25.9 Å². The number of aryl methyl sites for hydroxylation is 1. The molecule has 1 atom stereocenters. The first-order valence-electron chi connectivity index (χ1n) is 6.77. The first kappa shape index (κ1) is 13.3. The molecule has 4 nitrogen and oxygen atoms in total. The van der Waals surface area contributed by atoms with Crippen molar-refractivity contribution in [2.75, 3.05) is 19.6 Å². The Kier molecular flexibility index (Phi) is 4.55. The van der Waals surface area contributed by atoms with Crippen molar-refractivity contribution in [1.82, 2.24) is 15.2 Å². The molecule has 0 bridgehead atoms. The van der Waals surface area contributed by atoms with Gasteiger partial charge in [0, 0.05) is 24.8 Å². The van der Waals surface area contributed by atoms with Gasteiger partial charge in [-0.25, -0.2) is 0 Å². The molecule has 1 aromatic rings. The van der Waals surface area contributed by atoms with Crippen LogP contribution in [-0.4, -0.2) is 40.7 Å². The topological polar surface area (TPSA) is 48.4 Å². The maximum Gasteiger partial charge on any atom is 0.138 e. The molecule has 0 aliphatic carbocycles. The molecule has 0 radical (unpaired) electrons. The first-order valence-corrected chi connectivity index (χ1v) is 6.77. The van der Waals surface area contributed by atoms with Gasteiger partial charge >= 0.3 is 0 Å². The summed E-state index contributed by atoms with van der Waals surface area (Å²) in [6.07, 6.45) is 2.65. The molecular weight excluding hydrogens is 226 g/mol. The van der Waals surface area contributed by atoms with Crippen molar-refractivity contribution in [3.8, 4) is 5.75 Å². The van der Waals surface area contributed by atoms with Crippen LogP contribution in [0.2, 0.25) is 0 Å². The van der Waals surface area contributed by atoms with Gasteiger partial charge in [-0.2, -0.15) is 0 Å². The monoisotopic (exact) mass is 249 g/mol. The quantitative estimate of drug-likeness (QED) is 0.833. The zero-order valence-electron chi connectivity index (χ0n) is 11.3. The second-order valence-electron chi connectivity index (χ2n) is 5.14. The second-order valence-corrected chi connectivity index (χ2v) is 5.14. The van der Waals surface area contributed by atoms with E-state index >= 15 is 0 Å². The molecule has 18 heavy (non-hydrogen) atoms. The molecule has 1 aliphatic heterocycles. The van der Waals surface area contributed by atoms with Gasteiger partial charge in [0.05, 0.1) is 5.69 Å². The second kappa shape index (κ2) is 6.16. The minimum absolute atomic E-state index is 0.280. The molecule has 1 aromatic heterocycles. The predicted molar refractivity (Wildman–Crippen MR) is 72.6 cm³/mol. The lowest BCUT2D eigenvalue weighted by Crippen LogP contribution is -2.38. The van der Waals surface area contributed by atoms with E-state index in [2.05, 4.69) is 22.1 Å². The van der Waals surface area contributed by atoms with Crippen LogP contribution in [0.15, 0.2) is 12.1 Å². The van der Waals surface area contributed by atoms with Gasteiger partial charge in [0.2, 0.25) is 0 Å². The average molecular weight is 249 g/mol. The summed E-state index contributed by atoms with van der Waals surface area (Å²) >= 11 is 0. The average Bonchev–Trinajstić information content (AvgIpc) is 2.87. The molecule has 1 unspecified atom stereocenters. The Bertz CT molecular complexity index is 389. The molecule has 0 spiro atoms. The van der Waals surface area contributed by atoms with Gasteiger partial charge in [-0.1, -0.05) is 0 Å². The van der Waals surface area contributed by atoms with Crippen molar-refractivity contribution >= 4 is 0 Å². The Labute approximate surface area is 109 Å². The number of nitrogens with one attached hydrogen (secondary N) is 1. The van der Waals surface area contributed by atoms with Gasteiger partial charge in [-0.05, 0) is 51.9 Å². The van der Waals surface area contributed by atoms with E-state index in [-0.39, 0.29) is 5.75 Å². The number of rotatable bonds is 5. The number of aromatic nitrogens is 1. The van der Waals surface area contributed by atoms with E-state index in [9.17, 15) is 5.11 Å². The molecule has 2 N–H and O–H groups in total. The van der Waals surface area contributed by atoms with Gasteiger partial charge in [0.1, 0.15) is 5.75 Å². The molecule has 1 fully saturated rings. The zero-order chi connectivity index (χ0) is 13.0. The number of pyridine rings is 1. The van der Waals surface area contributed by atoms with Gasteiger partial charge in [-0.15, -0.1) is 0 Å². The molecule has 2 rings (SSSR count). The SMILES string of the molecule is Cc1ccc(O)c(CNCC(C)N2CCCC2)n1. The van der Waals surface area contributed by atoms with Crippen LogP contribution in [0.5, 0.6) is 5.75 Å². The highest BCUT2D eigenvalue weighted by Gasteiger charge is 2.17. The van der Waals surface area contributed by atoms with Crippen LogP contribution in [0.1, 0.15) is 31.2 Å². The summed E-state index contributed by atoms with van der Waals surface area (Å²) in [5.41, 5.74) is 1.68. The lowest BCUT2D eigenvalue weighted by Gasteiger charge is -2.23. The summed E-state index contributed by atoms with van der Waals surface area (Å²) in [5.74, 6) is 0.280. The molecule has 2 heterocycles. The number of aromatic hydroxyl groups is 1. The lowest BCUT2D eigenvalue weighted by atomic mass is 10.2. The molecule has 1 aliphatic rings. The molecular formula is C14H23N3O. The highest BCUT2D eigenvalue weighted by molar-refractivity contribution is 5.27. The van der Waals surface area contributed by atoms with Crippen molar-refractivity contribution in [2.24, 2.45) is 0 Å². The summed E-state index contributed by atoms with van der Waals surface area (Å²) < 4.78 is 0. The van der Waals surface area contributed by atoms with Gasteiger partial charge in [-0.3, -0.25) is 9.88 Å². The Balaban J connectivity index is 1.79. The summed E-state index contributed by atoms with van der Waals surface area (Å²) in [4.78, 5) is 6.85. The van der Waals surface area contributed by atoms with Crippen LogP contribution in [0, 0.1) is 6.92 Å². The molecule has 0 amide bonds.